The summed E-state index contributed by atoms with van der Waals surface area (Å²) in [5.74, 6) is 0.188. The predicted molar refractivity (Wildman–Crippen MR) is 122 cm³/mol. The quantitative estimate of drug-likeness (QED) is 0.347. The largest absolute Gasteiger partial charge is 0.524 e. The highest BCUT2D eigenvalue weighted by Gasteiger charge is 2.28. The summed E-state index contributed by atoms with van der Waals surface area (Å²) in [6.07, 6.45) is 0. The molecule has 0 bridgehead atoms. The van der Waals surface area contributed by atoms with Gasteiger partial charge in [-0.15, -0.1) is 0 Å². The van der Waals surface area contributed by atoms with Crippen LogP contribution >= 0.6 is 7.82 Å². The summed E-state index contributed by atoms with van der Waals surface area (Å²) < 4.78 is 15.9. The van der Waals surface area contributed by atoms with Crippen molar-refractivity contribution in [2.24, 2.45) is 0 Å². The fraction of sp³-hybridized carbons (Fsp3) is 0.0769. The third kappa shape index (κ3) is 5.31. The zero-order chi connectivity index (χ0) is 21.7. The van der Waals surface area contributed by atoms with Crippen LogP contribution in [0, 0.1) is 0 Å². The fourth-order valence-electron chi connectivity index (χ4n) is 4.01. The number of phosphoric ester groups is 1. The van der Waals surface area contributed by atoms with Gasteiger partial charge < -0.3 is 4.52 Å². The van der Waals surface area contributed by atoms with E-state index in [4.69, 9.17) is 14.3 Å². The van der Waals surface area contributed by atoms with E-state index in [2.05, 4.69) is 36.4 Å². The Morgan fingerprint density at radius 1 is 0.516 bits per heavy atom. The molecular weight excluding hydrogens is 407 g/mol. The summed E-state index contributed by atoms with van der Waals surface area (Å²) in [6, 6.07) is 38.0. The van der Waals surface area contributed by atoms with Gasteiger partial charge in [0.25, 0.3) is 0 Å². The van der Waals surface area contributed by atoms with Gasteiger partial charge in [0.15, 0.2) is 0 Å². The topological polar surface area (TPSA) is 66.8 Å². The van der Waals surface area contributed by atoms with Crippen LogP contribution < -0.4 is 4.52 Å². The second kappa shape index (κ2) is 9.32. The zero-order valence-electron chi connectivity index (χ0n) is 16.8. The van der Waals surface area contributed by atoms with Crippen LogP contribution in [-0.4, -0.2) is 9.79 Å². The van der Waals surface area contributed by atoms with Gasteiger partial charge in [-0.2, -0.15) is 0 Å². The molecule has 0 aliphatic carbocycles. The van der Waals surface area contributed by atoms with Crippen LogP contribution in [0.25, 0.3) is 0 Å². The Bertz CT molecular complexity index is 1100. The van der Waals surface area contributed by atoms with Gasteiger partial charge in [0.05, 0.1) is 0 Å². The molecule has 31 heavy (non-hydrogen) atoms. The second-order valence-electron chi connectivity index (χ2n) is 7.34. The van der Waals surface area contributed by atoms with Crippen molar-refractivity contribution in [3.63, 3.8) is 0 Å². The SMILES string of the molecule is O=P(O)(O)Oc1ccc(C(c2ccccc2)C(c2ccccc2)c2ccccc2)cc1. The molecule has 4 nitrogen and oxygen atoms in total. The van der Waals surface area contributed by atoms with Crippen molar-refractivity contribution in [1.82, 2.24) is 0 Å². The van der Waals surface area contributed by atoms with Gasteiger partial charge in [0.2, 0.25) is 0 Å². The van der Waals surface area contributed by atoms with E-state index < -0.39 is 7.82 Å². The average molecular weight is 430 g/mol. The van der Waals surface area contributed by atoms with Crippen LogP contribution in [-0.2, 0) is 4.57 Å². The Labute approximate surface area is 182 Å². The molecule has 0 aliphatic rings. The molecule has 5 heteroatoms. The standard InChI is InChI=1S/C26H23O4P/c27-31(28,29)30-24-18-16-23(17-19-24)26(22-14-8-3-9-15-22)25(20-10-4-1-5-11-20)21-12-6-2-7-13-21/h1-19,25-26H,(H2,27,28,29). The highest BCUT2D eigenvalue weighted by atomic mass is 31.2. The first-order valence-electron chi connectivity index (χ1n) is 10.0. The molecule has 0 saturated carbocycles. The maximum absolute atomic E-state index is 11.2. The van der Waals surface area contributed by atoms with E-state index in [1.807, 2.05) is 66.7 Å². The molecule has 0 amide bonds. The molecular formula is C26H23O4P. The van der Waals surface area contributed by atoms with Gasteiger partial charge in [-0.25, -0.2) is 4.57 Å². The van der Waals surface area contributed by atoms with Crippen molar-refractivity contribution in [3.05, 3.63) is 138 Å². The third-order valence-corrected chi connectivity index (χ3v) is 5.72. The van der Waals surface area contributed by atoms with Gasteiger partial charge >= 0.3 is 7.82 Å². The number of hydrogen-bond donors (Lipinski definition) is 2. The number of phosphoric acid groups is 1. The number of rotatable bonds is 7. The van der Waals surface area contributed by atoms with Gasteiger partial charge in [-0.05, 0) is 34.4 Å². The normalized spacial score (nSPS) is 12.5. The van der Waals surface area contributed by atoms with Gasteiger partial charge in [0.1, 0.15) is 5.75 Å². The smallest absolute Gasteiger partial charge is 0.404 e. The summed E-state index contributed by atoms with van der Waals surface area (Å²) in [5, 5.41) is 0. The summed E-state index contributed by atoms with van der Waals surface area (Å²) in [6.45, 7) is 0. The summed E-state index contributed by atoms with van der Waals surface area (Å²) >= 11 is 0. The maximum atomic E-state index is 11.2. The van der Waals surface area contributed by atoms with Crippen LogP contribution in [0.3, 0.4) is 0 Å². The lowest BCUT2D eigenvalue weighted by Crippen LogP contribution is -2.14. The van der Waals surface area contributed by atoms with Crippen LogP contribution in [0.5, 0.6) is 5.75 Å². The highest BCUT2D eigenvalue weighted by Crippen LogP contribution is 2.44. The van der Waals surface area contributed by atoms with Crippen molar-refractivity contribution in [1.29, 1.82) is 0 Å². The minimum Gasteiger partial charge on any atom is -0.404 e. The molecule has 2 N–H and O–H groups in total. The van der Waals surface area contributed by atoms with E-state index in [0.29, 0.717) is 0 Å². The first-order chi connectivity index (χ1) is 15.0. The van der Waals surface area contributed by atoms with E-state index in [1.54, 1.807) is 12.1 Å². The molecule has 4 aromatic carbocycles. The molecule has 1 atom stereocenters. The first kappa shape index (κ1) is 21.1. The van der Waals surface area contributed by atoms with Crippen molar-refractivity contribution in [2.75, 3.05) is 0 Å². The number of benzene rings is 4. The Kier molecular flexibility index (Phi) is 6.34. The summed E-state index contributed by atoms with van der Waals surface area (Å²) in [4.78, 5) is 18.2. The number of hydrogen-bond acceptors (Lipinski definition) is 2. The molecule has 4 aromatic rings. The van der Waals surface area contributed by atoms with Gasteiger partial charge in [-0.1, -0.05) is 103 Å². The van der Waals surface area contributed by atoms with E-state index in [-0.39, 0.29) is 17.6 Å². The molecule has 0 aromatic heterocycles. The minimum atomic E-state index is -4.60. The third-order valence-electron chi connectivity index (χ3n) is 5.27. The Morgan fingerprint density at radius 3 is 1.16 bits per heavy atom. The minimum absolute atomic E-state index is 0.00453. The highest BCUT2D eigenvalue weighted by molar-refractivity contribution is 7.46. The molecule has 0 spiro atoms. The molecule has 156 valence electrons. The monoisotopic (exact) mass is 430 g/mol. The first-order valence-corrected chi connectivity index (χ1v) is 11.5. The van der Waals surface area contributed by atoms with Crippen molar-refractivity contribution >= 4 is 7.82 Å². The van der Waals surface area contributed by atoms with Crippen molar-refractivity contribution < 1.29 is 18.9 Å². The predicted octanol–water partition coefficient (Wildman–Crippen LogP) is 6.12. The van der Waals surface area contributed by atoms with Crippen LogP contribution in [0.2, 0.25) is 0 Å². The van der Waals surface area contributed by atoms with Gasteiger partial charge in [-0.3, -0.25) is 9.79 Å². The summed E-state index contributed by atoms with van der Waals surface area (Å²) in [7, 11) is -4.60. The molecule has 0 saturated heterocycles. The van der Waals surface area contributed by atoms with Crippen LogP contribution in [0.4, 0.5) is 0 Å². The second-order valence-corrected chi connectivity index (χ2v) is 8.50. The molecule has 0 fully saturated rings. The Balaban J connectivity index is 1.85. The molecule has 4 rings (SSSR count). The molecule has 1 unspecified atom stereocenters. The van der Waals surface area contributed by atoms with E-state index in [0.717, 1.165) is 11.1 Å². The Hall–Kier alpha value is -3.17. The lowest BCUT2D eigenvalue weighted by atomic mass is 9.74. The summed E-state index contributed by atoms with van der Waals surface area (Å²) in [5.41, 5.74) is 4.57. The van der Waals surface area contributed by atoms with E-state index in [1.165, 1.54) is 11.1 Å². The van der Waals surface area contributed by atoms with E-state index in [9.17, 15) is 4.57 Å². The fourth-order valence-corrected chi connectivity index (χ4v) is 4.41. The maximum Gasteiger partial charge on any atom is 0.524 e. The van der Waals surface area contributed by atoms with E-state index >= 15 is 0 Å². The lowest BCUT2D eigenvalue weighted by Gasteiger charge is -2.29. The van der Waals surface area contributed by atoms with Crippen molar-refractivity contribution in [2.45, 2.75) is 11.8 Å². The Morgan fingerprint density at radius 2 is 0.839 bits per heavy atom. The van der Waals surface area contributed by atoms with Crippen LogP contribution in [0.15, 0.2) is 115 Å². The van der Waals surface area contributed by atoms with Crippen molar-refractivity contribution in [3.8, 4) is 5.75 Å². The average Bonchev–Trinajstić information content (AvgIpc) is 2.79. The molecule has 0 heterocycles. The lowest BCUT2D eigenvalue weighted by molar-refractivity contribution is 0.283. The molecule has 0 aliphatic heterocycles. The van der Waals surface area contributed by atoms with Gasteiger partial charge in [0, 0.05) is 11.8 Å². The molecule has 0 radical (unpaired) electrons. The van der Waals surface area contributed by atoms with Crippen LogP contribution in [0.1, 0.15) is 34.1 Å². The zero-order valence-corrected chi connectivity index (χ0v) is 17.7.